The Morgan fingerprint density at radius 1 is 1.44 bits per heavy atom. The number of aliphatic carboxylic acids is 1. The van der Waals surface area contributed by atoms with Gasteiger partial charge in [0.2, 0.25) is 0 Å². The molecule has 1 rings (SSSR count). The van der Waals surface area contributed by atoms with Gasteiger partial charge in [0.25, 0.3) is 6.43 Å². The van der Waals surface area contributed by atoms with Crippen LogP contribution in [0.5, 0.6) is 5.75 Å². The number of carboxylic acid groups (broad SMARTS) is 1. The van der Waals surface area contributed by atoms with E-state index in [0.717, 1.165) is 0 Å². The lowest BCUT2D eigenvalue weighted by Gasteiger charge is -2.21. The maximum absolute atomic E-state index is 12.8. The SMILES string of the molecule is COc1c(CC(C)(C)C(=O)O)cccc1C(F)F. The first-order valence-corrected chi connectivity index (χ1v) is 5.47. The minimum absolute atomic E-state index is 0.0711. The van der Waals surface area contributed by atoms with E-state index in [2.05, 4.69) is 0 Å². The lowest BCUT2D eigenvalue weighted by molar-refractivity contribution is -0.146. The number of hydrogen-bond acceptors (Lipinski definition) is 2. The molecule has 0 aliphatic heterocycles. The van der Waals surface area contributed by atoms with E-state index in [0.29, 0.717) is 5.56 Å². The molecule has 100 valence electrons. The van der Waals surface area contributed by atoms with E-state index < -0.39 is 17.8 Å². The quantitative estimate of drug-likeness (QED) is 0.881. The molecule has 0 aliphatic carbocycles. The van der Waals surface area contributed by atoms with Crippen molar-refractivity contribution in [1.82, 2.24) is 0 Å². The maximum atomic E-state index is 12.8. The molecule has 0 amide bonds. The molecule has 3 nitrogen and oxygen atoms in total. The zero-order valence-corrected chi connectivity index (χ0v) is 10.5. The summed E-state index contributed by atoms with van der Waals surface area (Å²) in [5, 5.41) is 9.06. The van der Waals surface area contributed by atoms with E-state index in [1.54, 1.807) is 19.9 Å². The van der Waals surface area contributed by atoms with Gasteiger partial charge in [-0.2, -0.15) is 0 Å². The number of para-hydroxylation sites is 1. The molecule has 5 heteroatoms. The third kappa shape index (κ3) is 2.97. The minimum Gasteiger partial charge on any atom is -0.496 e. The summed E-state index contributed by atoms with van der Waals surface area (Å²) in [6.45, 7) is 3.09. The number of carbonyl (C=O) groups is 1. The summed E-state index contributed by atoms with van der Waals surface area (Å²) >= 11 is 0. The zero-order valence-electron chi connectivity index (χ0n) is 10.5. The van der Waals surface area contributed by atoms with Crippen molar-refractivity contribution < 1.29 is 23.4 Å². The van der Waals surface area contributed by atoms with Gasteiger partial charge >= 0.3 is 5.97 Å². The normalized spacial score (nSPS) is 11.7. The molecule has 1 aromatic carbocycles. The number of rotatable bonds is 5. The Morgan fingerprint density at radius 3 is 2.50 bits per heavy atom. The third-order valence-corrected chi connectivity index (χ3v) is 2.78. The molecule has 0 aromatic heterocycles. The van der Waals surface area contributed by atoms with E-state index in [4.69, 9.17) is 9.84 Å². The first-order chi connectivity index (χ1) is 8.29. The molecule has 0 heterocycles. The van der Waals surface area contributed by atoms with Crippen molar-refractivity contribution >= 4 is 5.97 Å². The monoisotopic (exact) mass is 258 g/mol. The van der Waals surface area contributed by atoms with Crippen LogP contribution >= 0.6 is 0 Å². The van der Waals surface area contributed by atoms with Crippen LogP contribution < -0.4 is 4.74 Å². The summed E-state index contributed by atoms with van der Waals surface area (Å²) in [6.07, 6.45) is -2.51. The van der Waals surface area contributed by atoms with Crippen molar-refractivity contribution in [2.24, 2.45) is 5.41 Å². The summed E-state index contributed by atoms with van der Waals surface area (Å²) in [6, 6.07) is 4.37. The van der Waals surface area contributed by atoms with E-state index in [9.17, 15) is 13.6 Å². The molecule has 0 spiro atoms. The number of hydrogen-bond donors (Lipinski definition) is 1. The summed E-state index contributed by atoms with van der Waals surface area (Å²) in [5.41, 5.74) is -0.771. The highest BCUT2D eigenvalue weighted by Gasteiger charge is 2.29. The lowest BCUT2D eigenvalue weighted by atomic mass is 9.85. The molecule has 0 saturated heterocycles. The Balaban J connectivity index is 3.17. The molecular formula is C13H16F2O3. The van der Waals surface area contributed by atoms with Crippen LogP contribution in [0.3, 0.4) is 0 Å². The highest BCUT2D eigenvalue weighted by molar-refractivity contribution is 5.74. The van der Waals surface area contributed by atoms with Crippen LogP contribution in [0.2, 0.25) is 0 Å². The van der Waals surface area contributed by atoms with E-state index in [1.807, 2.05) is 0 Å². The molecule has 0 unspecified atom stereocenters. The number of carboxylic acids is 1. The van der Waals surface area contributed by atoms with Gasteiger partial charge in [0.05, 0.1) is 18.1 Å². The lowest BCUT2D eigenvalue weighted by Crippen LogP contribution is -2.26. The van der Waals surface area contributed by atoms with Gasteiger partial charge < -0.3 is 9.84 Å². The predicted molar refractivity (Wildman–Crippen MR) is 63.1 cm³/mol. The molecule has 1 aromatic rings. The Morgan fingerprint density at radius 2 is 2.06 bits per heavy atom. The maximum Gasteiger partial charge on any atom is 0.309 e. The number of methoxy groups -OCH3 is 1. The molecular weight excluding hydrogens is 242 g/mol. The Hall–Kier alpha value is -1.65. The van der Waals surface area contributed by atoms with Crippen LogP contribution in [0, 0.1) is 5.41 Å². The third-order valence-electron chi connectivity index (χ3n) is 2.78. The van der Waals surface area contributed by atoms with Crippen molar-refractivity contribution in [3.05, 3.63) is 29.3 Å². The second kappa shape index (κ2) is 5.33. The fourth-order valence-electron chi connectivity index (χ4n) is 1.72. The minimum atomic E-state index is -2.65. The predicted octanol–water partition coefficient (Wildman–Crippen LogP) is 3.29. The molecule has 0 radical (unpaired) electrons. The van der Waals surface area contributed by atoms with Crippen molar-refractivity contribution in [2.45, 2.75) is 26.7 Å². The molecule has 1 N–H and O–H groups in total. The Labute approximate surface area is 104 Å². The zero-order chi connectivity index (χ0) is 13.9. The summed E-state index contributed by atoms with van der Waals surface area (Å²) in [4.78, 5) is 11.1. The molecule has 0 bridgehead atoms. The van der Waals surface area contributed by atoms with Gasteiger partial charge in [-0.25, -0.2) is 8.78 Å². The number of halogens is 2. The van der Waals surface area contributed by atoms with Crippen molar-refractivity contribution in [3.63, 3.8) is 0 Å². The van der Waals surface area contributed by atoms with Crippen LogP contribution in [0.4, 0.5) is 8.78 Å². The van der Waals surface area contributed by atoms with Crippen molar-refractivity contribution in [1.29, 1.82) is 0 Å². The van der Waals surface area contributed by atoms with Crippen LogP contribution in [-0.4, -0.2) is 18.2 Å². The van der Waals surface area contributed by atoms with Gasteiger partial charge in [0, 0.05) is 0 Å². The van der Waals surface area contributed by atoms with Gasteiger partial charge in [-0.3, -0.25) is 4.79 Å². The molecule has 0 aliphatic rings. The standard InChI is InChI=1S/C13H16F2O3/c1-13(2,12(16)17)7-8-5-4-6-9(11(14)15)10(8)18-3/h4-6,11H,7H2,1-3H3,(H,16,17). The first-order valence-electron chi connectivity index (χ1n) is 5.47. The van der Waals surface area contributed by atoms with Gasteiger partial charge in [0.15, 0.2) is 0 Å². The van der Waals surface area contributed by atoms with Crippen LogP contribution in [0.1, 0.15) is 31.4 Å². The topological polar surface area (TPSA) is 46.5 Å². The molecule has 0 saturated carbocycles. The highest BCUT2D eigenvalue weighted by atomic mass is 19.3. The van der Waals surface area contributed by atoms with Crippen molar-refractivity contribution in [3.8, 4) is 5.75 Å². The molecule has 0 fully saturated rings. The van der Waals surface area contributed by atoms with E-state index in [1.165, 1.54) is 19.2 Å². The Bertz CT molecular complexity index is 442. The second-order valence-electron chi connectivity index (χ2n) is 4.71. The fourth-order valence-corrected chi connectivity index (χ4v) is 1.72. The second-order valence-corrected chi connectivity index (χ2v) is 4.71. The smallest absolute Gasteiger partial charge is 0.309 e. The van der Waals surface area contributed by atoms with Gasteiger partial charge in [0.1, 0.15) is 5.75 Å². The first kappa shape index (κ1) is 14.4. The Kier molecular flexibility index (Phi) is 4.27. The number of benzene rings is 1. The van der Waals surface area contributed by atoms with Crippen LogP contribution in [0.15, 0.2) is 18.2 Å². The van der Waals surface area contributed by atoms with Gasteiger partial charge in [-0.15, -0.1) is 0 Å². The summed E-state index contributed by atoms with van der Waals surface area (Å²) < 4.78 is 30.6. The molecule has 18 heavy (non-hydrogen) atoms. The fraction of sp³-hybridized carbons (Fsp3) is 0.462. The van der Waals surface area contributed by atoms with E-state index in [-0.39, 0.29) is 17.7 Å². The van der Waals surface area contributed by atoms with E-state index >= 15 is 0 Å². The van der Waals surface area contributed by atoms with Crippen LogP contribution in [0.25, 0.3) is 0 Å². The number of alkyl halides is 2. The summed E-state index contributed by atoms with van der Waals surface area (Å²) in [7, 11) is 1.30. The highest BCUT2D eigenvalue weighted by Crippen LogP contribution is 2.35. The van der Waals surface area contributed by atoms with Crippen molar-refractivity contribution in [2.75, 3.05) is 7.11 Å². The van der Waals surface area contributed by atoms with Gasteiger partial charge in [-0.1, -0.05) is 12.1 Å². The average Bonchev–Trinajstić information content (AvgIpc) is 2.27. The van der Waals surface area contributed by atoms with Crippen LogP contribution in [-0.2, 0) is 11.2 Å². The largest absolute Gasteiger partial charge is 0.496 e. The summed E-state index contributed by atoms with van der Waals surface area (Å²) in [5.74, 6) is -0.908. The molecule has 0 atom stereocenters. The average molecular weight is 258 g/mol. The van der Waals surface area contributed by atoms with Gasteiger partial charge in [-0.05, 0) is 31.9 Å². The number of ether oxygens (including phenoxy) is 1.